The van der Waals surface area contributed by atoms with Gasteiger partial charge < -0.3 is 20.1 Å². The van der Waals surface area contributed by atoms with Gasteiger partial charge in [-0.15, -0.1) is 0 Å². The fourth-order valence-electron chi connectivity index (χ4n) is 2.23. The molecule has 1 aromatic heterocycles. The molecule has 0 bridgehead atoms. The molecule has 2 aromatic rings. The third kappa shape index (κ3) is 4.98. The lowest BCUT2D eigenvalue weighted by Gasteiger charge is -2.14. The van der Waals surface area contributed by atoms with E-state index in [1.165, 1.54) is 14.2 Å². The molecule has 0 fully saturated rings. The Morgan fingerprint density at radius 2 is 1.85 bits per heavy atom. The van der Waals surface area contributed by atoms with Gasteiger partial charge in [0, 0.05) is 24.7 Å². The Bertz CT molecular complexity index is 796. The number of hydrogen-bond acceptors (Lipinski definition) is 6. The maximum Gasteiger partial charge on any atom is 0.274 e. The molecule has 2 rings (SSSR count). The van der Waals surface area contributed by atoms with Gasteiger partial charge in [0.15, 0.2) is 0 Å². The summed E-state index contributed by atoms with van der Waals surface area (Å²) in [6, 6.07) is 4.80. The lowest BCUT2D eigenvalue weighted by atomic mass is 10.2. The van der Waals surface area contributed by atoms with Crippen molar-refractivity contribution < 1.29 is 14.3 Å². The number of methoxy groups -OCH3 is 2. The number of carbonyl (C=O) groups excluding carboxylic acids is 1. The zero-order chi connectivity index (χ0) is 19.3. The van der Waals surface area contributed by atoms with Gasteiger partial charge in [0.25, 0.3) is 5.91 Å². The number of hydrogen-bond donors (Lipinski definition) is 2. The molecule has 1 amide bonds. The van der Waals surface area contributed by atoms with E-state index in [9.17, 15) is 4.79 Å². The third-order valence-corrected chi connectivity index (χ3v) is 3.78. The van der Waals surface area contributed by atoms with Crippen molar-refractivity contribution in [1.29, 1.82) is 0 Å². The van der Waals surface area contributed by atoms with Crippen LogP contribution in [-0.4, -0.2) is 36.6 Å². The van der Waals surface area contributed by atoms with Crippen LogP contribution in [0.25, 0.3) is 0 Å². The van der Waals surface area contributed by atoms with Crippen LogP contribution in [0.4, 0.5) is 11.5 Å². The fraction of sp³-hybridized carbons (Fsp3) is 0.389. The highest BCUT2D eigenvalue weighted by atomic mass is 35.5. The third-order valence-electron chi connectivity index (χ3n) is 3.48. The fourth-order valence-corrected chi connectivity index (χ4v) is 2.46. The highest BCUT2D eigenvalue weighted by Gasteiger charge is 2.16. The van der Waals surface area contributed by atoms with Crippen molar-refractivity contribution in [3.05, 3.63) is 34.7 Å². The van der Waals surface area contributed by atoms with E-state index in [-0.39, 0.29) is 11.6 Å². The zero-order valence-electron chi connectivity index (χ0n) is 15.5. The summed E-state index contributed by atoms with van der Waals surface area (Å²) >= 11 is 6.09. The van der Waals surface area contributed by atoms with Crippen LogP contribution in [0, 0.1) is 12.8 Å². The number of amides is 1. The Kier molecular flexibility index (Phi) is 6.63. The Hall–Kier alpha value is -2.54. The minimum Gasteiger partial charge on any atom is -0.495 e. The van der Waals surface area contributed by atoms with Crippen LogP contribution in [0.3, 0.4) is 0 Å². The summed E-state index contributed by atoms with van der Waals surface area (Å²) in [5.41, 5.74) is 0.687. The predicted molar refractivity (Wildman–Crippen MR) is 103 cm³/mol. The van der Waals surface area contributed by atoms with E-state index >= 15 is 0 Å². The van der Waals surface area contributed by atoms with E-state index in [0.717, 1.165) is 6.54 Å². The molecule has 0 aliphatic carbocycles. The Labute approximate surface area is 158 Å². The monoisotopic (exact) mass is 378 g/mol. The van der Waals surface area contributed by atoms with E-state index < -0.39 is 0 Å². The van der Waals surface area contributed by atoms with Crippen molar-refractivity contribution in [2.45, 2.75) is 20.8 Å². The van der Waals surface area contributed by atoms with Crippen molar-refractivity contribution in [2.24, 2.45) is 5.92 Å². The molecule has 1 aromatic carbocycles. The number of ether oxygens (including phenoxy) is 2. The number of carbonyl (C=O) groups is 1. The van der Waals surface area contributed by atoms with E-state index in [0.29, 0.717) is 39.8 Å². The first-order valence-corrected chi connectivity index (χ1v) is 8.54. The molecule has 26 heavy (non-hydrogen) atoms. The van der Waals surface area contributed by atoms with Crippen molar-refractivity contribution in [3.8, 4) is 11.5 Å². The molecule has 2 N–H and O–H groups in total. The lowest BCUT2D eigenvalue weighted by molar-refractivity contribution is 0.102. The summed E-state index contributed by atoms with van der Waals surface area (Å²) in [6.45, 7) is 6.67. The molecule has 0 spiro atoms. The molecule has 140 valence electrons. The largest absolute Gasteiger partial charge is 0.495 e. The van der Waals surface area contributed by atoms with Crippen LogP contribution in [-0.2, 0) is 0 Å². The van der Waals surface area contributed by atoms with Crippen LogP contribution in [0.15, 0.2) is 18.2 Å². The molecule has 0 radical (unpaired) electrons. The number of aromatic nitrogens is 2. The first-order chi connectivity index (χ1) is 12.3. The predicted octanol–water partition coefficient (Wildman–Crippen LogP) is 3.78. The molecule has 0 atom stereocenters. The van der Waals surface area contributed by atoms with Crippen LogP contribution in [0.5, 0.6) is 11.5 Å². The summed E-state index contributed by atoms with van der Waals surface area (Å²) in [4.78, 5) is 21.2. The summed E-state index contributed by atoms with van der Waals surface area (Å²) in [7, 11) is 3.00. The van der Waals surface area contributed by atoms with Crippen LogP contribution in [0.1, 0.15) is 30.2 Å². The molecule has 8 heteroatoms. The maximum absolute atomic E-state index is 12.7. The van der Waals surface area contributed by atoms with Gasteiger partial charge in [-0.05, 0) is 12.8 Å². The molecule has 0 aliphatic rings. The molecular formula is C18H23ClN4O3. The number of aryl methyl sites for hydroxylation is 1. The van der Waals surface area contributed by atoms with E-state index in [1.54, 1.807) is 25.1 Å². The standard InChI is InChI=1S/C18H23ClN4O3/c1-10(2)9-20-17-8-14(21-11(3)22-17)18(24)23-13-7-15(25-4)12(19)6-16(13)26-5/h6-8,10H,9H2,1-5H3,(H,23,24)(H,20,21,22). The smallest absolute Gasteiger partial charge is 0.274 e. The SMILES string of the molecule is COc1cc(NC(=O)c2cc(NCC(C)C)nc(C)n2)c(OC)cc1Cl. The van der Waals surface area contributed by atoms with E-state index in [1.807, 2.05) is 0 Å². The molecule has 1 heterocycles. The van der Waals surface area contributed by atoms with Gasteiger partial charge in [0.05, 0.1) is 24.9 Å². The highest BCUT2D eigenvalue weighted by molar-refractivity contribution is 6.32. The maximum atomic E-state index is 12.7. The average Bonchev–Trinajstić information content (AvgIpc) is 2.60. The topological polar surface area (TPSA) is 85.4 Å². The molecule has 7 nitrogen and oxygen atoms in total. The molecule has 0 aliphatic heterocycles. The number of benzene rings is 1. The van der Waals surface area contributed by atoms with Gasteiger partial charge in [-0.3, -0.25) is 4.79 Å². The number of anilines is 2. The van der Waals surface area contributed by atoms with Crippen molar-refractivity contribution in [3.63, 3.8) is 0 Å². The van der Waals surface area contributed by atoms with Crippen molar-refractivity contribution in [1.82, 2.24) is 9.97 Å². The summed E-state index contributed by atoms with van der Waals surface area (Å²) in [5.74, 6) is 2.04. The number of nitrogens with one attached hydrogen (secondary N) is 2. The second-order valence-electron chi connectivity index (χ2n) is 6.10. The Balaban J connectivity index is 2.27. The quantitative estimate of drug-likeness (QED) is 0.762. The van der Waals surface area contributed by atoms with Gasteiger partial charge >= 0.3 is 0 Å². The van der Waals surface area contributed by atoms with Crippen molar-refractivity contribution >= 4 is 29.0 Å². The number of rotatable bonds is 7. The van der Waals surface area contributed by atoms with Gasteiger partial charge in [0.1, 0.15) is 28.8 Å². The molecule has 0 saturated heterocycles. The number of nitrogens with zero attached hydrogens (tertiary/aromatic N) is 2. The van der Waals surface area contributed by atoms with Gasteiger partial charge in [0.2, 0.25) is 0 Å². The van der Waals surface area contributed by atoms with E-state index in [2.05, 4.69) is 34.4 Å². The molecular weight excluding hydrogens is 356 g/mol. The zero-order valence-corrected chi connectivity index (χ0v) is 16.3. The van der Waals surface area contributed by atoms with Gasteiger partial charge in [-0.25, -0.2) is 9.97 Å². The second-order valence-corrected chi connectivity index (χ2v) is 6.51. The first kappa shape index (κ1) is 19.8. The second kappa shape index (κ2) is 8.71. The lowest BCUT2D eigenvalue weighted by Crippen LogP contribution is -2.17. The summed E-state index contributed by atoms with van der Waals surface area (Å²) in [6.07, 6.45) is 0. The first-order valence-electron chi connectivity index (χ1n) is 8.16. The van der Waals surface area contributed by atoms with Crippen LogP contribution >= 0.6 is 11.6 Å². The summed E-state index contributed by atoms with van der Waals surface area (Å²) < 4.78 is 10.5. The van der Waals surface area contributed by atoms with E-state index in [4.69, 9.17) is 21.1 Å². The Morgan fingerprint density at radius 1 is 1.15 bits per heavy atom. The minimum absolute atomic E-state index is 0.250. The normalized spacial score (nSPS) is 10.6. The van der Waals surface area contributed by atoms with Gasteiger partial charge in [-0.2, -0.15) is 0 Å². The Morgan fingerprint density at radius 3 is 2.46 bits per heavy atom. The van der Waals surface area contributed by atoms with Crippen LogP contribution in [0.2, 0.25) is 5.02 Å². The van der Waals surface area contributed by atoms with Crippen LogP contribution < -0.4 is 20.1 Å². The molecule has 0 unspecified atom stereocenters. The van der Waals surface area contributed by atoms with Gasteiger partial charge in [-0.1, -0.05) is 25.4 Å². The number of halogens is 1. The average molecular weight is 379 g/mol. The van der Waals surface area contributed by atoms with Crippen molar-refractivity contribution in [2.75, 3.05) is 31.4 Å². The molecule has 0 saturated carbocycles. The minimum atomic E-state index is -0.384. The highest BCUT2D eigenvalue weighted by Crippen LogP contribution is 2.36. The summed E-state index contributed by atoms with van der Waals surface area (Å²) in [5, 5.41) is 6.37.